The summed E-state index contributed by atoms with van der Waals surface area (Å²) in [5.74, 6) is 0.00352. The monoisotopic (exact) mass is 216 g/mol. The molecule has 0 aromatic carbocycles. The summed E-state index contributed by atoms with van der Waals surface area (Å²) in [6.07, 6.45) is 0. The number of carbonyl (C=O) groups excluding carboxylic acids is 1. The van der Waals surface area contributed by atoms with E-state index in [1.807, 2.05) is 18.5 Å². The van der Waals surface area contributed by atoms with Gasteiger partial charge in [0, 0.05) is 19.7 Å². The summed E-state index contributed by atoms with van der Waals surface area (Å²) >= 11 is 3.23. The lowest BCUT2D eigenvalue weighted by atomic mass is 10.3. The quantitative estimate of drug-likeness (QED) is 0.671. The Morgan fingerprint density at radius 3 is 2.36 bits per heavy atom. The van der Waals surface area contributed by atoms with Gasteiger partial charge >= 0.3 is 0 Å². The van der Waals surface area contributed by atoms with Gasteiger partial charge in [0.1, 0.15) is 5.69 Å². The van der Waals surface area contributed by atoms with Gasteiger partial charge < -0.3 is 4.57 Å². The van der Waals surface area contributed by atoms with Crippen LogP contribution in [0.15, 0.2) is 4.73 Å². The van der Waals surface area contributed by atoms with Gasteiger partial charge in [-0.2, -0.15) is 0 Å². The second-order valence-corrected chi connectivity index (χ2v) is 3.14. The zero-order chi connectivity index (χ0) is 8.59. The third-order valence-electron chi connectivity index (χ3n) is 1.66. The summed E-state index contributed by atoms with van der Waals surface area (Å²) < 4.78 is 2.52. The van der Waals surface area contributed by atoms with Crippen molar-refractivity contribution in [1.29, 1.82) is 0 Å². The predicted molar refractivity (Wildman–Crippen MR) is 45.6 cm³/mol. The lowest BCUT2D eigenvalue weighted by Gasteiger charge is -1.94. The van der Waals surface area contributed by atoms with Crippen LogP contribution in [0.1, 0.15) is 23.1 Å². The summed E-state index contributed by atoms with van der Waals surface area (Å²) in [5.41, 5.74) is 1.43. The van der Waals surface area contributed by atoms with Crippen LogP contribution < -0.4 is 0 Å². The molecule has 0 atom stereocenters. The highest BCUT2D eigenvalue weighted by atomic mass is 79.9. The first kappa shape index (κ1) is 8.46. The summed E-state index contributed by atoms with van der Waals surface area (Å²) in [5, 5.41) is 0. The molecule has 4 heteroatoms. The predicted octanol–water partition coefficient (Wildman–Crippen LogP) is 1.69. The van der Waals surface area contributed by atoms with E-state index in [2.05, 4.69) is 20.9 Å². The van der Waals surface area contributed by atoms with Crippen LogP contribution in [0.5, 0.6) is 0 Å². The molecule has 1 aromatic rings. The molecule has 0 N–H and O–H groups in total. The molecule has 0 saturated carbocycles. The number of hydrogen-bond acceptors (Lipinski definition) is 2. The number of aromatic nitrogens is 2. The van der Waals surface area contributed by atoms with E-state index in [4.69, 9.17) is 0 Å². The van der Waals surface area contributed by atoms with Gasteiger partial charge in [0.15, 0.2) is 10.5 Å². The molecule has 0 aliphatic carbocycles. The van der Waals surface area contributed by atoms with E-state index in [0.29, 0.717) is 10.4 Å². The van der Waals surface area contributed by atoms with E-state index in [9.17, 15) is 4.79 Å². The number of halogens is 1. The van der Waals surface area contributed by atoms with Gasteiger partial charge in [0.05, 0.1) is 0 Å². The number of Topliss-reactive ketones (excluding diaryl/α,β-unsaturated/α-hetero) is 1. The first-order valence-electron chi connectivity index (χ1n) is 3.23. The normalized spacial score (nSPS) is 10.2. The van der Waals surface area contributed by atoms with Crippen LogP contribution in [-0.2, 0) is 7.05 Å². The molecule has 0 saturated heterocycles. The van der Waals surface area contributed by atoms with Crippen molar-refractivity contribution in [3.8, 4) is 0 Å². The summed E-state index contributed by atoms with van der Waals surface area (Å²) in [6.45, 7) is 3.39. The van der Waals surface area contributed by atoms with E-state index in [1.54, 1.807) is 0 Å². The van der Waals surface area contributed by atoms with Crippen LogP contribution in [0, 0.1) is 6.92 Å². The van der Waals surface area contributed by atoms with Gasteiger partial charge in [-0.1, -0.05) is 0 Å². The minimum absolute atomic E-state index is 0.00352. The molecule has 0 unspecified atom stereocenters. The van der Waals surface area contributed by atoms with Crippen LogP contribution in [-0.4, -0.2) is 15.3 Å². The van der Waals surface area contributed by atoms with Crippen LogP contribution in [0.3, 0.4) is 0 Å². The van der Waals surface area contributed by atoms with E-state index in [0.717, 1.165) is 5.69 Å². The zero-order valence-electron chi connectivity index (χ0n) is 6.68. The number of rotatable bonds is 1. The smallest absolute Gasteiger partial charge is 0.180 e. The van der Waals surface area contributed by atoms with Crippen molar-refractivity contribution in [1.82, 2.24) is 9.55 Å². The Morgan fingerprint density at radius 2 is 2.18 bits per heavy atom. The minimum Gasteiger partial charge on any atom is -0.325 e. The van der Waals surface area contributed by atoms with E-state index < -0.39 is 0 Å². The second kappa shape index (κ2) is 2.77. The largest absolute Gasteiger partial charge is 0.325 e. The second-order valence-electron chi connectivity index (χ2n) is 2.43. The van der Waals surface area contributed by atoms with Crippen molar-refractivity contribution < 1.29 is 4.79 Å². The highest BCUT2D eigenvalue weighted by molar-refractivity contribution is 9.10. The van der Waals surface area contributed by atoms with Crippen molar-refractivity contribution in [2.24, 2.45) is 7.05 Å². The van der Waals surface area contributed by atoms with Crippen molar-refractivity contribution >= 4 is 21.7 Å². The van der Waals surface area contributed by atoms with Gasteiger partial charge in [-0.3, -0.25) is 4.79 Å². The van der Waals surface area contributed by atoms with Crippen molar-refractivity contribution in [2.75, 3.05) is 0 Å². The molecule has 0 amide bonds. The van der Waals surface area contributed by atoms with Gasteiger partial charge in [-0.15, -0.1) is 0 Å². The molecular formula is C7H9BrN2O. The standard InChI is InChI=1S/C7H9BrN2O/c1-4-6(5(2)11)9-7(8)10(4)3/h1-3H3. The maximum atomic E-state index is 10.9. The molecule has 0 aliphatic heterocycles. The van der Waals surface area contributed by atoms with Gasteiger partial charge in [0.25, 0.3) is 0 Å². The fraction of sp³-hybridized carbons (Fsp3) is 0.429. The van der Waals surface area contributed by atoms with E-state index >= 15 is 0 Å². The van der Waals surface area contributed by atoms with E-state index in [1.165, 1.54) is 6.92 Å². The fourth-order valence-electron chi connectivity index (χ4n) is 0.879. The molecule has 3 nitrogen and oxygen atoms in total. The Labute approximate surface area is 73.6 Å². The first-order valence-corrected chi connectivity index (χ1v) is 4.03. The van der Waals surface area contributed by atoms with Crippen LogP contribution in [0.25, 0.3) is 0 Å². The molecular weight excluding hydrogens is 208 g/mol. The van der Waals surface area contributed by atoms with Gasteiger partial charge in [0.2, 0.25) is 0 Å². The highest BCUT2D eigenvalue weighted by Gasteiger charge is 2.11. The lowest BCUT2D eigenvalue weighted by Crippen LogP contribution is -1.97. The van der Waals surface area contributed by atoms with Crippen molar-refractivity contribution in [3.63, 3.8) is 0 Å². The summed E-state index contributed by atoms with van der Waals surface area (Å²) in [4.78, 5) is 15.0. The fourth-order valence-corrected chi connectivity index (χ4v) is 1.32. The number of hydrogen-bond donors (Lipinski definition) is 0. The molecule has 0 radical (unpaired) electrons. The molecule has 0 bridgehead atoms. The number of nitrogens with zero attached hydrogens (tertiary/aromatic N) is 2. The topological polar surface area (TPSA) is 34.9 Å². The maximum Gasteiger partial charge on any atom is 0.180 e. The number of imidazole rings is 1. The minimum atomic E-state index is 0.00352. The Kier molecular flexibility index (Phi) is 2.13. The average molecular weight is 217 g/mol. The van der Waals surface area contributed by atoms with Gasteiger partial charge in [-0.05, 0) is 22.9 Å². The van der Waals surface area contributed by atoms with Crippen LogP contribution >= 0.6 is 15.9 Å². The molecule has 0 spiro atoms. The SMILES string of the molecule is CC(=O)c1nc(Br)n(C)c1C. The number of ketones is 1. The molecule has 11 heavy (non-hydrogen) atoms. The molecule has 60 valence electrons. The summed E-state index contributed by atoms with van der Waals surface area (Å²) in [6, 6.07) is 0. The third-order valence-corrected chi connectivity index (χ3v) is 2.37. The van der Waals surface area contributed by atoms with Crippen molar-refractivity contribution in [2.45, 2.75) is 13.8 Å². The van der Waals surface area contributed by atoms with E-state index in [-0.39, 0.29) is 5.78 Å². The number of carbonyl (C=O) groups is 1. The Balaban J connectivity index is 3.29. The van der Waals surface area contributed by atoms with Gasteiger partial charge in [-0.25, -0.2) is 4.98 Å². The molecule has 0 aliphatic rings. The maximum absolute atomic E-state index is 10.9. The summed E-state index contributed by atoms with van der Waals surface area (Å²) in [7, 11) is 1.86. The Morgan fingerprint density at radius 1 is 1.64 bits per heavy atom. The lowest BCUT2D eigenvalue weighted by molar-refractivity contribution is 0.101. The van der Waals surface area contributed by atoms with Crippen LogP contribution in [0.2, 0.25) is 0 Å². The third kappa shape index (κ3) is 1.35. The molecule has 1 aromatic heterocycles. The first-order chi connectivity index (χ1) is 5.04. The molecule has 1 heterocycles. The zero-order valence-corrected chi connectivity index (χ0v) is 8.27. The Hall–Kier alpha value is -0.640. The molecule has 0 fully saturated rings. The Bertz CT molecular complexity index is 304. The molecule has 1 rings (SSSR count). The average Bonchev–Trinajstić information content (AvgIpc) is 2.17. The van der Waals surface area contributed by atoms with Crippen LogP contribution in [0.4, 0.5) is 0 Å². The highest BCUT2D eigenvalue weighted by Crippen LogP contribution is 2.14. The van der Waals surface area contributed by atoms with Crippen molar-refractivity contribution in [3.05, 3.63) is 16.1 Å².